The third kappa shape index (κ3) is 4.78. The Kier molecular flexibility index (Phi) is 5.29. The van der Waals surface area contributed by atoms with E-state index in [-0.39, 0.29) is 5.92 Å². The number of Topliss-reactive ketones (excluding diaryl/α,β-unsaturated/α-hetero) is 1. The highest BCUT2D eigenvalue weighted by molar-refractivity contribution is 14.1. The van der Waals surface area contributed by atoms with E-state index in [1.807, 2.05) is 13.8 Å². The van der Waals surface area contributed by atoms with Gasteiger partial charge in [-0.05, 0) is 53.1 Å². The van der Waals surface area contributed by atoms with Crippen LogP contribution in [-0.2, 0) is 11.2 Å². The van der Waals surface area contributed by atoms with Gasteiger partial charge in [0.05, 0.1) is 0 Å². The number of carbonyl (C=O) groups is 1. The monoisotopic (exact) mass is 316 g/mol. The number of hydrogen-bond donors (Lipinski definition) is 0. The zero-order valence-electron chi connectivity index (χ0n) is 9.29. The Morgan fingerprint density at radius 2 is 1.87 bits per heavy atom. The number of benzene rings is 1. The predicted molar refractivity (Wildman–Crippen MR) is 71.9 cm³/mol. The molecule has 0 amide bonds. The SMILES string of the molecule is CC(C)C(=O)CCCc1ccc(I)cc1. The largest absolute Gasteiger partial charge is 0.299 e. The van der Waals surface area contributed by atoms with Gasteiger partial charge in [0.25, 0.3) is 0 Å². The molecule has 0 saturated carbocycles. The van der Waals surface area contributed by atoms with Crippen molar-refractivity contribution in [3.05, 3.63) is 33.4 Å². The maximum atomic E-state index is 11.4. The summed E-state index contributed by atoms with van der Waals surface area (Å²) < 4.78 is 1.26. The van der Waals surface area contributed by atoms with Crippen molar-refractivity contribution in [2.75, 3.05) is 0 Å². The second kappa shape index (κ2) is 6.26. The van der Waals surface area contributed by atoms with E-state index in [4.69, 9.17) is 0 Å². The van der Waals surface area contributed by atoms with Crippen molar-refractivity contribution in [2.24, 2.45) is 5.92 Å². The van der Waals surface area contributed by atoms with E-state index in [9.17, 15) is 4.79 Å². The minimum absolute atomic E-state index is 0.182. The second-order valence-corrected chi connectivity index (χ2v) is 5.35. The quantitative estimate of drug-likeness (QED) is 0.754. The lowest BCUT2D eigenvalue weighted by atomic mass is 10.0. The molecule has 2 heteroatoms. The fourth-order valence-electron chi connectivity index (χ4n) is 1.41. The van der Waals surface area contributed by atoms with Gasteiger partial charge in [0.15, 0.2) is 0 Å². The highest BCUT2D eigenvalue weighted by atomic mass is 127. The van der Waals surface area contributed by atoms with Crippen LogP contribution in [0.15, 0.2) is 24.3 Å². The number of rotatable bonds is 5. The van der Waals surface area contributed by atoms with E-state index in [0.29, 0.717) is 12.2 Å². The van der Waals surface area contributed by atoms with Gasteiger partial charge in [-0.2, -0.15) is 0 Å². The Hall–Kier alpha value is -0.380. The molecule has 0 unspecified atom stereocenters. The summed E-state index contributed by atoms with van der Waals surface area (Å²) in [6, 6.07) is 8.50. The van der Waals surface area contributed by atoms with Crippen molar-refractivity contribution in [1.29, 1.82) is 0 Å². The van der Waals surface area contributed by atoms with Crippen molar-refractivity contribution in [2.45, 2.75) is 33.1 Å². The van der Waals surface area contributed by atoms with E-state index in [1.165, 1.54) is 9.13 Å². The molecule has 0 aliphatic rings. The summed E-state index contributed by atoms with van der Waals surface area (Å²) in [5.41, 5.74) is 1.33. The Morgan fingerprint density at radius 1 is 1.27 bits per heavy atom. The van der Waals surface area contributed by atoms with E-state index in [2.05, 4.69) is 46.9 Å². The summed E-state index contributed by atoms with van der Waals surface area (Å²) in [6.07, 6.45) is 2.69. The van der Waals surface area contributed by atoms with Gasteiger partial charge in [0.2, 0.25) is 0 Å². The first-order chi connectivity index (χ1) is 7.09. The van der Waals surface area contributed by atoms with Gasteiger partial charge in [-0.1, -0.05) is 26.0 Å². The predicted octanol–water partition coefficient (Wildman–Crippen LogP) is 3.84. The number of carbonyl (C=O) groups excluding carboxylic acids is 1. The van der Waals surface area contributed by atoms with Crippen LogP contribution in [0.2, 0.25) is 0 Å². The molecule has 0 fully saturated rings. The van der Waals surface area contributed by atoms with E-state index < -0.39 is 0 Å². The van der Waals surface area contributed by atoms with E-state index in [1.54, 1.807) is 0 Å². The minimum Gasteiger partial charge on any atom is -0.299 e. The van der Waals surface area contributed by atoms with Crippen LogP contribution in [0.4, 0.5) is 0 Å². The highest BCUT2D eigenvalue weighted by Gasteiger charge is 2.06. The molecule has 15 heavy (non-hydrogen) atoms. The first-order valence-corrected chi connectivity index (χ1v) is 6.44. The molecule has 0 aliphatic heterocycles. The van der Waals surface area contributed by atoms with Crippen molar-refractivity contribution in [1.82, 2.24) is 0 Å². The summed E-state index contributed by atoms with van der Waals surface area (Å²) in [5, 5.41) is 0. The number of ketones is 1. The summed E-state index contributed by atoms with van der Waals surface area (Å²) in [6.45, 7) is 3.93. The van der Waals surface area contributed by atoms with Crippen LogP contribution in [-0.4, -0.2) is 5.78 Å². The highest BCUT2D eigenvalue weighted by Crippen LogP contribution is 2.10. The third-order valence-electron chi connectivity index (χ3n) is 2.45. The molecule has 0 N–H and O–H groups in total. The zero-order chi connectivity index (χ0) is 11.3. The summed E-state index contributed by atoms with van der Waals surface area (Å²) in [5.74, 6) is 0.558. The van der Waals surface area contributed by atoms with Crippen LogP contribution < -0.4 is 0 Å². The zero-order valence-corrected chi connectivity index (χ0v) is 11.5. The molecule has 0 saturated heterocycles. The number of aryl methyl sites for hydroxylation is 1. The molecule has 1 aromatic carbocycles. The van der Waals surface area contributed by atoms with Crippen LogP contribution in [0.25, 0.3) is 0 Å². The maximum Gasteiger partial charge on any atom is 0.135 e. The standard InChI is InChI=1S/C13H17IO/c1-10(2)13(15)5-3-4-11-6-8-12(14)9-7-11/h6-10H,3-5H2,1-2H3. The first-order valence-electron chi connectivity index (χ1n) is 5.36. The normalized spacial score (nSPS) is 10.7. The number of hydrogen-bond acceptors (Lipinski definition) is 1. The molecular formula is C13H17IO. The molecule has 0 bridgehead atoms. The lowest BCUT2D eigenvalue weighted by Gasteiger charge is -2.04. The van der Waals surface area contributed by atoms with Gasteiger partial charge in [-0.3, -0.25) is 4.79 Å². The molecule has 0 spiro atoms. The van der Waals surface area contributed by atoms with Gasteiger partial charge >= 0.3 is 0 Å². The lowest BCUT2D eigenvalue weighted by Crippen LogP contribution is -2.06. The molecule has 0 heterocycles. The fraction of sp³-hybridized carbons (Fsp3) is 0.462. The van der Waals surface area contributed by atoms with Crippen molar-refractivity contribution >= 4 is 28.4 Å². The molecule has 1 nitrogen and oxygen atoms in total. The minimum atomic E-state index is 0.182. The van der Waals surface area contributed by atoms with Crippen LogP contribution in [0.1, 0.15) is 32.3 Å². The molecule has 0 aromatic heterocycles. The van der Waals surface area contributed by atoms with Gasteiger partial charge in [-0.15, -0.1) is 0 Å². The smallest absolute Gasteiger partial charge is 0.135 e. The third-order valence-corrected chi connectivity index (χ3v) is 3.17. The summed E-state index contributed by atoms with van der Waals surface area (Å²) in [4.78, 5) is 11.4. The molecular weight excluding hydrogens is 299 g/mol. The van der Waals surface area contributed by atoms with Gasteiger partial charge in [-0.25, -0.2) is 0 Å². The summed E-state index contributed by atoms with van der Waals surface area (Å²) in [7, 11) is 0. The molecule has 82 valence electrons. The van der Waals surface area contributed by atoms with Gasteiger partial charge in [0.1, 0.15) is 5.78 Å². The van der Waals surface area contributed by atoms with Crippen molar-refractivity contribution in [3.63, 3.8) is 0 Å². The maximum absolute atomic E-state index is 11.4. The topological polar surface area (TPSA) is 17.1 Å². The molecule has 0 aliphatic carbocycles. The second-order valence-electron chi connectivity index (χ2n) is 4.10. The first kappa shape index (κ1) is 12.7. The molecule has 0 radical (unpaired) electrons. The summed E-state index contributed by atoms with van der Waals surface area (Å²) >= 11 is 2.30. The van der Waals surface area contributed by atoms with Crippen LogP contribution >= 0.6 is 22.6 Å². The Bertz CT molecular complexity index is 314. The average Bonchev–Trinajstić information content (AvgIpc) is 2.20. The lowest BCUT2D eigenvalue weighted by molar-refractivity contribution is -0.121. The Morgan fingerprint density at radius 3 is 2.40 bits per heavy atom. The number of halogens is 1. The molecule has 1 aromatic rings. The Balaban J connectivity index is 2.32. The average molecular weight is 316 g/mol. The van der Waals surface area contributed by atoms with Crippen molar-refractivity contribution < 1.29 is 4.79 Å². The van der Waals surface area contributed by atoms with Crippen LogP contribution in [0, 0.1) is 9.49 Å². The van der Waals surface area contributed by atoms with Crippen LogP contribution in [0.3, 0.4) is 0 Å². The van der Waals surface area contributed by atoms with Gasteiger partial charge in [0, 0.05) is 15.9 Å². The molecule has 0 atom stereocenters. The van der Waals surface area contributed by atoms with E-state index >= 15 is 0 Å². The van der Waals surface area contributed by atoms with Gasteiger partial charge < -0.3 is 0 Å². The Labute approximate surface area is 105 Å². The molecule has 1 rings (SSSR count). The fourth-order valence-corrected chi connectivity index (χ4v) is 1.77. The van der Waals surface area contributed by atoms with Crippen molar-refractivity contribution in [3.8, 4) is 0 Å². The van der Waals surface area contributed by atoms with E-state index in [0.717, 1.165) is 12.8 Å². The van der Waals surface area contributed by atoms with Crippen LogP contribution in [0.5, 0.6) is 0 Å².